The molecule has 7 nitrogen and oxygen atoms in total. The van der Waals surface area contributed by atoms with Crippen LogP contribution in [0.4, 0.5) is 0 Å². The van der Waals surface area contributed by atoms with Crippen molar-refractivity contribution in [2.45, 2.75) is 64.8 Å². The van der Waals surface area contributed by atoms with E-state index in [0.29, 0.717) is 42.5 Å². The molecule has 1 atom stereocenters. The molecular formula is C25H35N3O4S. The Labute approximate surface area is 197 Å². The first-order valence-corrected chi connectivity index (χ1v) is 13.5. The van der Waals surface area contributed by atoms with Gasteiger partial charge in [-0.05, 0) is 56.4 Å². The third kappa shape index (κ3) is 4.92. The lowest BCUT2D eigenvalue weighted by molar-refractivity contribution is 0.155. The maximum atomic E-state index is 12.5. The van der Waals surface area contributed by atoms with Crippen LogP contribution in [0.25, 0.3) is 22.3 Å². The van der Waals surface area contributed by atoms with Crippen molar-refractivity contribution < 1.29 is 17.9 Å². The molecule has 0 bridgehead atoms. The Balaban J connectivity index is 2.34. The van der Waals surface area contributed by atoms with Crippen LogP contribution in [0.1, 0.15) is 57.0 Å². The number of nitrogens with zero attached hydrogens (tertiary/aromatic N) is 3. The molecule has 3 heterocycles. The molecule has 3 aromatic heterocycles. The monoisotopic (exact) mass is 473 g/mol. The molecule has 8 heteroatoms. The summed E-state index contributed by atoms with van der Waals surface area (Å²) in [5.41, 5.74) is 5.86. The van der Waals surface area contributed by atoms with Gasteiger partial charge in [-0.1, -0.05) is 20.8 Å². The minimum Gasteiger partial charge on any atom is -0.477 e. The Hall–Kier alpha value is -2.45. The standard InChI is InChI=1S/C25H35N3O4S/c1-8-17-12-21-23(16(5)14-28(21)18(9-2)15-31-6)27-24(17)19-13-22(33(7,29)30)20(10-3)26-25(19)32-11-4/h12-14,18H,8-11,15H2,1-7H3/t18-/m1/s1. The average molecular weight is 474 g/mol. The Morgan fingerprint density at radius 1 is 1.09 bits per heavy atom. The highest BCUT2D eigenvalue weighted by molar-refractivity contribution is 7.90. The van der Waals surface area contributed by atoms with Crippen molar-refractivity contribution in [3.8, 4) is 17.1 Å². The van der Waals surface area contributed by atoms with Crippen molar-refractivity contribution in [1.82, 2.24) is 14.5 Å². The van der Waals surface area contributed by atoms with E-state index in [9.17, 15) is 8.42 Å². The molecule has 3 rings (SSSR count). The van der Waals surface area contributed by atoms with Crippen molar-refractivity contribution in [2.24, 2.45) is 0 Å². The highest BCUT2D eigenvalue weighted by Gasteiger charge is 2.24. The largest absolute Gasteiger partial charge is 0.477 e. The maximum Gasteiger partial charge on any atom is 0.223 e. The van der Waals surface area contributed by atoms with Crippen LogP contribution in [-0.2, 0) is 27.4 Å². The summed E-state index contributed by atoms with van der Waals surface area (Å²) in [7, 11) is -1.74. The molecule has 0 saturated carbocycles. The van der Waals surface area contributed by atoms with E-state index in [1.807, 2.05) is 20.8 Å². The van der Waals surface area contributed by atoms with Gasteiger partial charge in [0.1, 0.15) is 0 Å². The third-order valence-electron chi connectivity index (χ3n) is 5.97. The lowest BCUT2D eigenvalue weighted by Crippen LogP contribution is -2.13. The van der Waals surface area contributed by atoms with Crippen LogP contribution < -0.4 is 4.74 Å². The average Bonchev–Trinajstić information content (AvgIpc) is 3.11. The van der Waals surface area contributed by atoms with Crippen LogP contribution in [-0.4, -0.2) is 49.5 Å². The second kappa shape index (κ2) is 10.2. The second-order valence-corrected chi connectivity index (χ2v) is 10.3. The third-order valence-corrected chi connectivity index (χ3v) is 7.12. The van der Waals surface area contributed by atoms with Gasteiger partial charge in [-0.3, -0.25) is 0 Å². The fourth-order valence-electron chi connectivity index (χ4n) is 4.27. The Bertz CT molecular complexity index is 1250. The van der Waals surface area contributed by atoms with Crippen molar-refractivity contribution in [1.29, 1.82) is 0 Å². The Morgan fingerprint density at radius 2 is 1.82 bits per heavy atom. The van der Waals surface area contributed by atoms with Gasteiger partial charge in [0, 0.05) is 19.6 Å². The first-order valence-electron chi connectivity index (χ1n) is 11.6. The molecule has 0 N–H and O–H groups in total. The number of hydrogen-bond donors (Lipinski definition) is 0. The summed E-state index contributed by atoms with van der Waals surface area (Å²) in [5, 5.41) is 0. The molecule has 0 aliphatic rings. The van der Waals surface area contributed by atoms with Gasteiger partial charge in [-0.2, -0.15) is 0 Å². The van der Waals surface area contributed by atoms with Crippen LogP contribution in [0.3, 0.4) is 0 Å². The molecule has 0 aliphatic heterocycles. The summed E-state index contributed by atoms with van der Waals surface area (Å²) < 4.78 is 38.6. The summed E-state index contributed by atoms with van der Waals surface area (Å²) >= 11 is 0. The molecule has 0 aromatic carbocycles. The molecule has 0 unspecified atom stereocenters. The van der Waals surface area contributed by atoms with E-state index in [2.05, 4.69) is 35.7 Å². The molecule has 3 aromatic rings. The fraction of sp³-hybridized carbons (Fsp3) is 0.520. The zero-order chi connectivity index (χ0) is 24.3. The van der Waals surface area contributed by atoms with E-state index in [4.69, 9.17) is 14.5 Å². The summed E-state index contributed by atoms with van der Waals surface area (Å²) in [4.78, 5) is 9.90. The summed E-state index contributed by atoms with van der Waals surface area (Å²) in [6, 6.07) is 4.06. The highest BCUT2D eigenvalue weighted by Crippen LogP contribution is 2.36. The van der Waals surface area contributed by atoms with Gasteiger partial charge >= 0.3 is 0 Å². The van der Waals surface area contributed by atoms with Gasteiger partial charge in [-0.15, -0.1) is 0 Å². The highest BCUT2D eigenvalue weighted by atomic mass is 32.2. The van der Waals surface area contributed by atoms with Crippen LogP contribution in [0.5, 0.6) is 5.88 Å². The summed E-state index contributed by atoms with van der Waals surface area (Å²) in [5.74, 6) is 0.422. The predicted molar refractivity (Wildman–Crippen MR) is 132 cm³/mol. The van der Waals surface area contributed by atoms with E-state index in [-0.39, 0.29) is 10.9 Å². The zero-order valence-corrected chi connectivity index (χ0v) is 21.5. The normalized spacial score (nSPS) is 12.9. The lowest BCUT2D eigenvalue weighted by Gasteiger charge is -2.19. The molecular weight excluding hydrogens is 438 g/mol. The number of fused-ring (bicyclic) bond motifs is 1. The van der Waals surface area contributed by atoms with Gasteiger partial charge in [0.25, 0.3) is 0 Å². The number of rotatable bonds is 10. The number of sulfone groups is 1. The van der Waals surface area contributed by atoms with E-state index in [1.54, 1.807) is 13.2 Å². The van der Waals surface area contributed by atoms with Crippen LogP contribution in [0, 0.1) is 6.92 Å². The zero-order valence-electron chi connectivity index (χ0n) is 20.7. The maximum absolute atomic E-state index is 12.5. The number of methoxy groups -OCH3 is 1. The van der Waals surface area contributed by atoms with E-state index >= 15 is 0 Å². The molecule has 180 valence electrons. The van der Waals surface area contributed by atoms with Crippen LogP contribution in [0.15, 0.2) is 23.2 Å². The lowest BCUT2D eigenvalue weighted by atomic mass is 10.0. The van der Waals surface area contributed by atoms with Crippen LogP contribution in [0.2, 0.25) is 0 Å². The minimum atomic E-state index is -3.46. The molecule has 0 fully saturated rings. The van der Waals surface area contributed by atoms with E-state index in [1.165, 1.54) is 6.26 Å². The van der Waals surface area contributed by atoms with Gasteiger partial charge in [0.05, 0.1) is 52.1 Å². The first-order chi connectivity index (χ1) is 15.7. The quantitative estimate of drug-likeness (QED) is 0.415. The predicted octanol–water partition coefficient (Wildman–Crippen LogP) is 4.93. The Kier molecular flexibility index (Phi) is 7.80. The summed E-state index contributed by atoms with van der Waals surface area (Å²) in [6.45, 7) is 11.1. The number of aryl methyl sites for hydroxylation is 3. The minimum absolute atomic E-state index is 0.213. The van der Waals surface area contributed by atoms with Gasteiger partial charge in [0.2, 0.25) is 5.88 Å². The van der Waals surface area contributed by atoms with Crippen molar-refractivity contribution in [3.63, 3.8) is 0 Å². The van der Waals surface area contributed by atoms with Gasteiger partial charge < -0.3 is 14.0 Å². The number of ether oxygens (including phenoxy) is 2. The van der Waals surface area contributed by atoms with Crippen molar-refractivity contribution >= 4 is 20.9 Å². The second-order valence-electron chi connectivity index (χ2n) is 8.30. The van der Waals surface area contributed by atoms with Crippen molar-refractivity contribution in [3.05, 3.63) is 35.2 Å². The Morgan fingerprint density at radius 3 is 2.36 bits per heavy atom. The number of aromatic nitrogens is 3. The van der Waals surface area contributed by atoms with E-state index < -0.39 is 9.84 Å². The first kappa shape index (κ1) is 25.2. The van der Waals surface area contributed by atoms with Gasteiger partial charge in [0.15, 0.2) is 9.84 Å². The van der Waals surface area contributed by atoms with Gasteiger partial charge in [-0.25, -0.2) is 18.4 Å². The number of hydrogen-bond acceptors (Lipinski definition) is 6. The molecule has 0 saturated heterocycles. The summed E-state index contributed by atoms with van der Waals surface area (Å²) in [6.07, 6.45) is 5.51. The van der Waals surface area contributed by atoms with E-state index in [0.717, 1.165) is 35.0 Å². The molecule has 0 radical (unpaired) electrons. The topological polar surface area (TPSA) is 83.3 Å². The molecule has 0 spiro atoms. The molecule has 0 amide bonds. The smallest absolute Gasteiger partial charge is 0.223 e. The molecule has 33 heavy (non-hydrogen) atoms. The van der Waals surface area contributed by atoms with Crippen LogP contribution >= 0.6 is 0 Å². The van der Waals surface area contributed by atoms with Crippen molar-refractivity contribution in [2.75, 3.05) is 26.6 Å². The fourth-order valence-corrected chi connectivity index (χ4v) is 5.22. The molecule has 0 aliphatic carbocycles. The number of pyridine rings is 2. The SMILES string of the molecule is CCOc1nc(CC)c(S(C)(=O)=O)cc1-c1nc2c(C)cn([C@H](CC)COC)c2cc1CC.